The molecule has 38 heavy (non-hydrogen) atoms. The largest absolute Gasteiger partial charge is 0.497 e. The highest BCUT2D eigenvalue weighted by Crippen LogP contribution is 2.28. The second-order valence-electron chi connectivity index (χ2n) is 9.36. The van der Waals surface area contributed by atoms with Crippen molar-refractivity contribution in [2.45, 2.75) is 65.0 Å². The SMILES string of the molecule is CCCC(NC(=O)c1ccc2c(c1)nc(Cc1cccs1)n2C(CC)CC)C(=O)Nc1ccc(OC)cc1. The average Bonchev–Trinajstić information content (AvgIpc) is 3.57. The van der Waals surface area contributed by atoms with Crippen LogP contribution in [0.5, 0.6) is 5.75 Å². The molecule has 2 N–H and O–H groups in total. The van der Waals surface area contributed by atoms with Crippen LogP contribution in [0.3, 0.4) is 0 Å². The third kappa shape index (κ3) is 6.25. The molecule has 1 unspecified atom stereocenters. The summed E-state index contributed by atoms with van der Waals surface area (Å²) in [5.41, 5.74) is 2.97. The Labute approximate surface area is 228 Å². The highest BCUT2D eigenvalue weighted by molar-refractivity contribution is 7.09. The Hall–Kier alpha value is -3.65. The Kier molecular flexibility index (Phi) is 9.18. The van der Waals surface area contributed by atoms with Crippen LogP contribution in [0.15, 0.2) is 60.0 Å². The maximum atomic E-state index is 13.3. The lowest BCUT2D eigenvalue weighted by atomic mass is 10.1. The lowest BCUT2D eigenvalue weighted by Crippen LogP contribution is -2.43. The number of amides is 2. The van der Waals surface area contributed by atoms with Gasteiger partial charge >= 0.3 is 0 Å². The van der Waals surface area contributed by atoms with Gasteiger partial charge in [0.2, 0.25) is 5.91 Å². The number of hydrogen-bond donors (Lipinski definition) is 2. The summed E-state index contributed by atoms with van der Waals surface area (Å²) in [7, 11) is 1.60. The van der Waals surface area contributed by atoms with Crippen molar-refractivity contribution in [2.75, 3.05) is 12.4 Å². The van der Waals surface area contributed by atoms with Gasteiger partial charge in [-0.1, -0.05) is 33.3 Å². The van der Waals surface area contributed by atoms with Crippen LogP contribution in [0.25, 0.3) is 11.0 Å². The first kappa shape index (κ1) is 27.4. The zero-order valence-electron chi connectivity index (χ0n) is 22.5. The maximum absolute atomic E-state index is 13.3. The van der Waals surface area contributed by atoms with E-state index in [1.54, 1.807) is 42.7 Å². The highest BCUT2D eigenvalue weighted by Gasteiger charge is 2.23. The van der Waals surface area contributed by atoms with Gasteiger partial charge in [0.05, 0.1) is 18.1 Å². The van der Waals surface area contributed by atoms with Crippen LogP contribution in [0.1, 0.15) is 73.6 Å². The maximum Gasteiger partial charge on any atom is 0.252 e. The smallest absolute Gasteiger partial charge is 0.252 e. The molecular formula is C30H36N4O3S. The number of hydrogen-bond acceptors (Lipinski definition) is 5. The minimum absolute atomic E-state index is 0.248. The van der Waals surface area contributed by atoms with Gasteiger partial charge in [0.15, 0.2) is 0 Å². The summed E-state index contributed by atoms with van der Waals surface area (Å²) in [6.45, 7) is 6.38. The van der Waals surface area contributed by atoms with Crippen LogP contribution < -0.4 is 15.4 Å². The first-order valence-electron chi connectivity index (χ1n) is 13.3. The van der Waals surface area contributed by atoms with E-state index in [0.29, 0.717) is 29.5 Å². The number of thiophene rings is 1. The fraction of sp³-hybridized carbons (Fsp3) is 0.367. The van der Waals surface area contributed by atoms with Crippen LogP contribution in [0.4, 0.5) is 5.69 Å². The molecule has 0 aliphatic carbocycles. The number of carbonyl (C=O) groups is 2. The van der Waals surface area contributed by atoms with Crippen molar-refractivity contribution in [2.24, 2.45) is 0 Å². The molecule has 2 heterocycles. The highest BCUT2D eigenvalue weighted by atomic mass is 32.1. The molecule has 0 saturated heterocycles. The Morgan fingerprint density at radius 1 is 1.05 bits per heavy atom. The second kappa shape index (κ2) is 12.7. The summed E-state index contributed by atoms with van der Waals surface area (Å²) in [4.78, 5) is 32.5. The molecule has 0 aliphatic heterocycles. The summed E-state index contributed by atoms with van der Waals surface area (Å²) in [5, 5.41) is 7.92. The summed E-state index contributed by atoms with van der Waals surface area (Å²) in [6.07, 6.45) is 4.05. The van der Waals surface area contributed by atoms with Crippen molar-refractivity contribution in [3.63, 3.8) is 0 Å². The zero-order valence-corrected chi connectivity index (χ0v) is 23.3. The summed E-state index contributed by atoms with van der Waals surface area (Å²) >= 11 is 1.73. The fourth-order valence-corrected chi connectivity index (χ4v) is 5.45. The number of nitrogens with one attached hydrogen (secondary N) is 2. The van der Waals surface area contributed by atoms with Crippen molar-refractivity contribution < 1.29 is 14.3 Å². The number of carbonyl (C=O) groups excluding carboxylic acids is 2. The number of ether oxygens (including phenoxy) is 1. The van der Waals surface area contributed by atoms with Gasteiger partial charge in [0, 0.05) is 28.6 Å². The van der Waals surface area contributed by atoms with E-state index >= 15 is 0 Å². The predicted octanol–water partition coefficient (Wildman–Crippen LogP) is 6.60. The third-order valence-electron chi connectivity index (χ3n) is 6.80. The normalized spacial score (nSPS) is 12.0. The number of nitrogens with zero attached hydrogens (tertiary/aromatic N) is 2. The molecule has 2 aromatic carbocycles. The summed E-state index contributed by atoms with van der Waals surface area (Å²) in [5.74, 6) is 1.19. The number of benzene rings is 2. The van der Waals surface area contributed by atoms with Gasteiger partial charge in [-0.15, -0.1) is 11.3 Å². The topological polar surface area (TPSA) is 85.2 Å². The minimum Gasteiger partial charge on any atom is -0.497 e. The summed E-state index contributed by atoms with van der Waals surface area (Å²) in [6, 6.07) is 16.7. The zero-order chi connectivity index (χ0) is 27.1. The first-order valence-corrected chi connectivity index (χ1v) is 14.1. The third-order valence-corrected chi connectivity index (χ3v) is 7.68. The van der Waals surface area contributed by atoms with Crippen molar-refractivity contribution in [1.29, 1.82) is 0 Å². The standard InChI is InChI=1S/C30H36N4O3S/c1-5-9-25(30(36)31-21-12-14-23(37-4)15-13-21)33-29(35)20-11-16-27-26(18-20)32-28(19-24-10-8-17-38-24)34(27)22(6-2)7-3/h8,10-18,22,25H,5-7,9,19H2,1-4H3,(H,31,36)(H,33,35). The molecule has 1 atom stereocenters. The lowest BCUT2D eigenvalue weighted by Gasteiger charge is -2.19. The van der Waals surface area contributed by atoms with Crippen LogP contribution in [0, 0.1) is 0 Å². The van der Waals surface area contributed by atoms with Crippen molar-refractivity contribution in [3.05, 3.63) is 76.2 Å². The number of fused-ring (bicyclic) bond motifs is 1. The summed E-state index contributed by atoms with van der Waals surface area (Å²) < 4.78 is 7.51. The van der Waals surface area contributed by atoms with Crippen LogP contribution >= 0.6 is 11.3 Å². The lowest BCUT2D eigenvalue weighted by molar-refractivity contribution is -0.118. The Morgan fingerprint density at radius 3 is 2.45 bits per heavy atom. The van der Waals surface area contributed by atoms with E-state index in [2.05, 4.69) is 46.6 Å². The molecule has 7 nitrogen and oxygen atoms in total. The number of imidazole rings is 1. The predicted molar refractivity (Wildman–Crippen MR) is 154 cm³/mol. The minimum atomic E-state index is -0.651. The monoisotopic (exact) mass is 532 g/mol. The van der Waals surface area contributed by atoms with Gasteiger partial charge in [-0.05, 0) is 73.2 Å². The Balaban J connectivity index is 1.56. The first-order chi connectivity index (χ1) is 18.5. The van der Waals surface area contributed by atoms with Crippen LogP contribution in [-0.2, 0) is 11.2 Å². The van der Waals surface area contributed by atoms with Gasteiger partial charge in [-0.3, -0.25) is 9.59 Å². The second-order valence-corrected chi connectivity index (χ2v) is 10.4. The van der Waals surface area contributed by atoms with Gasteiger partial charge in [-0.2, -0.15) is 0 Å². The average molecular weight is 533 g/mol. The van der Waals surface area contributed by atoms with Crippen molar-refractivity contribution in [1.82, 2.24) is 14.9 Å². The molecule has 0 spiro atoms. The van der Waals surface area contributed by atoms with E-state index in [4.69, 9.17) is 9.72 Å². The molecular weight excluding hydrogens is 496 g/mol. The number of methoxy groups -OCH3 is 1. The molecule has 0 bridgehead atoms. The Morgan fingerprint density at radius 2 is 1.82 bits per heavy atom. The molecule has 0 radical (unpaired) electrons. The van der Waals surface area contributed by atoms with E-state index < -0.39 is 6.04 Å². The van der Waals surface area contributed by atoms with Gasteiger partial charge < -0.3 is 19.9 Å². The Bertz CT molecular complexity index is 1360. The molecule has 4 aromatic rings. The van der Waals surface area contributed by atoms with E-state index in [1.165, 1.54) is 4.88 Å². The van der Waals surface area contributed by atoms with Gasteiger partial charge in [0.1, 0.15) is 17.6 Å². The molecule has 2 amide bonds. The van der Waals surface area contributed by atoms with Crippen LogP contribution in [-0.4, -0.2) is 34.5 Å². The van der Waals surface area contributed by atoms with Gasteiger partial charge in [0.25, 0.3) is 5.91 Å². The van der Waals surface area contributed by atoms with E-state index in [-0.39, 0.29) is 11.8 Å². The molecule has 0 fully saturated rings. The molecule has 4 rings (SSSR count). The number of rotatable bonds is 12. The van der Waals surface area contributed by atoms with E-state index in [0.717, 1.165) is 42.5 Å². The molecule has 8 heteroatoms. The van der Waals surface area contributed by atoms with Gasteiger partial charge in [-0.25, -0.2) is 4.98 Å². The van der Waals surface area contributed by atoms with E-state index in [9.17, 15) is 9.59 Å². The molecule has 0 aliphatic rings. The molecule has 200 valence electrons. The van der Waals surface area contributed by atoms with Crippen molar-refractivity contribution in [3.8, 4) is 5.75 Å². The molecule has 2 aromatic heterocycles. The van der Waals surface area contributed by atoms with Crippen molar-refractivity contribution >= 4 is 39.9 Å². The van der Waals surface area contributed by atoms with Crippen LogP contribution in [0.2, 0.25) is 0 Å². The number of anilines is 1. The molecule has 0 saturated carbocycles. The van der Waals surface area contributed by atoms with E-state index in [1.807, 2.05) is 25.1 Å². The fourth-order valence-electron chi connectivity index (χ4n) is 4.75. The quantitative estimate of drug-likeness (QED) is 0.215. The number of aromatic nitrogens is 2.